The summed E-state index contributed by atoms with van der Waals surface area (Å²) >= 11 is 0. The summed E-state index contributed by atoms with van der Waals surface area (Å²) in [6, 6.07) is 5.43. The maximum atomic E-state index is 14.1. The van der Waals surface area contributed by atoms with Crippen LogP contribution in [0.15, 0.2) is 12.2 Å². The first-order chi connectivity index (χ1) is 13.9. The van der Waals surface area contributed by atoms with Crippen molar-refractivity contribution in [2.24, 2.45) is 23.7 Å². The number of hydrogen-bond donors (Lipinski definition) is 0. The molecule has 0 spiro atoms. The first-order valence-electron chi connectivity index (χ1n) is 12.8. The first-order valence-corrected chi connectivity index (χ1v) is 17.8. The molecule has 0 aromatic heterocycles. The lowest BCUT2D eigenvalue weighted by molar-refractivity contribution is 0.216. The number of rotatable bonds is 13. The molecule has 2 rings (SSSR count). The summed E-state index contributed by atoms with van der Waals surface area (Å²) in [5, 5.41) is 0. The Bertz CT molecular complexity index is 551. The van der Waals surface area contributed by atoms with Crippen molar-refractivity contribution in [2.45, 2.75) is 116 Å². The highest BCUT2D eigenvalue weighted by Gasteiger charge is 2.56. The van der Waals surface area contributed by atoms with Gasteiger partial charge in [0.1, 0.15) is 0 Å². The summed E-state index contributed by atoms with van der Waals surface area (Å²) in [6.45, 7) is 16.2. The lowest BCUT2D eigenvalue weighted by Crippen LogP contribution is -2.56. The van der Waals surface area contributed by atoms with Gasteiger partial charge < -0.3 is 4.43 Å². The molecule has 0 aliphatic heterocycles. The van der Waals surface area contributed by atoms with E-state index in [4.69, 9.17) is 4.43 Å². The fourth-order valence-corrected chi connectivity index (χ4v) is 15.9. The highest BCUT2D eigenvalue weighted by molar-refractivity contribution is 7.07. The van der Waals surface area contributed by atoms with Crippen LogP contribution in [0.5, 0.6) is 0 Å². The normalized spacial score (nSPS) is 26.0. The van der Waals surface area contributed by atoms with Gasteiger partial charge in [-0.25, -0.2) is 0 Å². The standard InChI is InChI=1S/C25H48O2Si2/c1-8-14-17-28(10-3,11-4)27-25(26)29(12-5,13-6)24(20(7)9-2)23-19-21-15-16-22(23)18-21/h15-16,20-24H,8-14,17-19H2,1-7H3. The van der Waals surface area contributed by atoms with Gasteiger partial charge in [-0.2, -0.15) is 0 Å². The van der Waals surface area contributed by atoms with Crippen LogP contribution in [-0.4, -0.2) is 22.0 Å². The fourth-order valence-electron chi connectivity index (χ4n) is 6.61. The molecule has 0 amide bonds. The van der Waals surface area contributed by atoms with Gasteiger partial charge in [0.15, 0.2) is 8.07 Å². The molecule has 2 aliphatic carbocycles. The summed E-state index contributed by atoms with van der Waals surface area (Å²) < 4.78 is 6.74. The Labute approximate surface area is 183 Å². The van der Waals surface area contributed by atoms with Crippen LogP contribution in [0.4, 0.5) is 4.79 Å². The second-order valence-corrected chi connectivity index (χ2v) is 19.4. The minimum absolute atomic E-state index is 0.311. The van der Waals surface area contributed by atoms with Crippen LogP contribution in [-0.2, 0) is 4.43 Å². The predicted octanol–water partition coefficient (Wildman–Crippen LogP) is 8.61. The summed E-state index contributed by atoms with van der Waals surface area (Å²) in [7, 11) is -4.15. The van der Waals surface area contributed by atoms with E-state index in [2.05, 4.69) is 60.6 Å². The number of hydrogen-bond acceptors (Lipinski definition) is 2. The molecule has 5 unspecified atom stereocenters. The second-order valence-electron chi connectivity index (χ2n) is 10.1. The van der Waals surface area contributed by atoms with E-state index < -0.39 is 16.4 Å². The predicted molar refractivity (Wildman–Crippen MR) is 132 cm³/mol. The molecule has 1 saturated carbocycles. The molecule has 0 radical (unpaired) electrons. The topological polar surface area (TPSA) is 26.3 Å². The zero-order valence-electron chi connectivity index (χ0n) is 20.4. The molecule has 2 nitrogen and oxygen atoms in total. The van der Waals surface area contributed by atoms with Crippen LogP contribution in [0, 0.1) is 23.7 Å². The van der Waals surface area contributed by atoms with Gasteiger partial charge in [-0.1, -0.05) is 79.9 Å². The molecule has 2 aliphatic rings. The van der Waals surface area contributed by atoms with Crippen molar-refractivity contribution in [1.82, 2.24) is 0 Å². The zero-order valence-corrected chi connectivity index (χ0v) is 22.4. The average molecular weight is 437 g/mol. The summed E-state index contributed by atoms with van der Waals surface area (Å²) in [5.41, 5.74) is 0.896. The van der Waals surface area contributed by atoms with Crippen LogP contribution in [0.3, 0.4) is 0 Å². The summed E-state index contributed by atoms with van der Waals surface area (Å²) in [5.74, 6) is 2.84. The SMILES string of the molecule is CCCC[Si](CC)(CC)OC(=O)[Si](CC)(CC)C(C(C)CC)C1CC2C=CC1C2. The van der Waals surface area contributed by atoms with E-state index in [1.165, 1.54) is 32.1 Å². The van der Waals surface area contributed by atoms with Crippen LogP contribution in [0.25, 0.3) is 0 Å². The molecular weight excluding hydrogens is 388 g/mol. The molecule has 0 aromatic carbocycles. The van der Waals surface area contributed by atoms with Crippen molar-refractivity contribution in [3.05, 3.63) is 12.2 Å². The largest absolute Gasteiger partial charge is 0.523 e. The summed E-state index contributed by atoms with van der Waals surface area (Å²) in [4.78, 5) is 14.1. The number of fused-ring (bicyclic) bond motifs is 2. The monoisotopic (exact) mass is 436 g/mol. The third kappa shape index (κ3) is 4.94. The van der Waals surface area contributed by atoms with E-state index in [0.717, 1.165) is 42.1 Å². The Morgan fingerprint density at radius 1 is 1.00 bits per heavy atom. The highest BCUT2D eigenvalue weighted by Crippen LogP contribution is 2.56. The van der Waals surface area contributed by atoms with Crippen LogP contribution in [0.2, 0.25) is 35.8 Å². The summed E-state index contributed by atoms with van der Waals surface area (Å²) in [6.07, 6.45) is 11.2. The first kappa shape index (κ1) is 24.9. The minimum Gasteiger partial charge on any atom is -0.523 e. The van der Waals surface area contributed by atoms with E-state index in [0.29, 0.717) is 23.0 Å². The Hall–Kier alpha value is -0.356. The lowest BCUT2D eigenvalue weighted by atomic mass is 9.84. The molecule has 1 fully saturated rings. The quantitative estimate of drug-likeness (QED) is 0.213. The maximum absolute atomic E-state index is 14.1. The van der Waals surface area contributed by atoms with E-state index in [9.17, 15) is 4.79 Å². The van der Waals surface area contributed by atoms with Crippen LogP contribution < -0.4 is 0 Å². The molecule has 29 heavy (non-hydrogen) atoms. The van der Waals surface area contributed by atoms with Crippen molar-refractivity contribution in [3.8, 4) is 0 Å². The third-order valence-electron chi connectivity index (χ3n) is 8.94. The molecule has 2 bridgehead atoms. The van der Waals surface area contributed by atoms with Crippen LogP contribution in [0.1, 0.15) is 80.6 Å². The number of unbranched alkanes of at least 4 members (excludes halogenated alkanes) is 1. The smallest absolute Gasteiger partial charge is 0.259 e. The molecule has 0 saturated heterocycles. The third-order valence-corrected chi connectivity index (χ3v) is 19.3. The molecule has 0 aromatic rings. The number of carbonyl (C=O) groups is 1. The Balaban J connectivity index is 2.37. The molecule has 5 atom stereocenters. The zero-order chi connectivity index (χ0) is 21.7. The van der Waals surface area contributed by atoms with Gasteiger partial charge in [0, 0.05) is 0 Å². The maximum Gasteiger partial charge on any atom is 0.259 e. The molecular formula is C25H48O2Si2. The van der Waals surface area contributed by atoms with Gasteiger partial charge in [-0.15, -0.1) is 0 Å². The molecule has 4 heteroatoms. The van der Waals surface area contributed by atoms with E-state index in [1.807, 2.05) is 0 Å². The van der Waals surface area contributed by atoms with Crippen molar-refractivity contribution in [3.63, 3.8) is 0 Å². The van der Waals surface area contributed by atoms with Gasteiger partial charge in [0.25, 0.3) is 13.9 Å². The van der Waals surface area contributed by atoms with Crippen molar-refractivity contribution >= 4 is 22.0 Å². The van der Waals surface area contributed by atoms with Crippen molar-refractivity contribution in [2.75, 3.05) is 0 Å². The van der Waals surface area contributed by atoms with Gasteiger partial charge in [-0.3, -0.25) is 4.79 Å². The Morgan fingerprint density at radius 2 is 1.66 bits per heavy atom. The van der Waals surface area contributed by atoms with Gasteiger partial charge in [0.2, 0.25) is 0 Å². The molecule has 0 heterocycles. The van der Waals surface area contributed by atoms with Crippen LogP contribution >= 0.6 is 0 Å². The number of carbonyl (C=O) groups excluding carboxylic acids is 1. The van der Waals surface area contributed by atoms with Gasteiger partial charge >= 0.3 is 0 Å². The Kier molecular flexibility index (Phi) is 9.27. The fraction of sp³-hybridized carbons (Fsp3) is 0.880. The minimum atomic E-state index is -2.20. The van der Waals surface area contributed by atoms with E-state index in [1.54, 1.807) is 0 Å². The molecule has 0 N–H and O–H groups in total. The van der Waals surface area contributed by atoms with Crippen molar-refractivity contribution < 1.29 is 9.22 Å². The van der Waals surface area contributed by atoms with Crippen molar-refractivity contribution in [1.29, 1.82) is 0 Å². The van der Waals surface area contributed by atoms with Gasteiger partial charge in [-0.05, 0) is 72.3 Å². The lowest BCUT2D eigenvalue weighted by Gasteiger charge is -2.46. The Morgan fingerprint density at radius 3 is 2.07 bits per heavy atom. The highest BCUT2D eigenvalue weighted by atomic mass is 28.4. The van der Waals surface area contributed by atoms with E-state index in [-0.39, 0.29) is 0 Å². The van der Waals surface area contributed by atoms with E-state index >= 15 is 0 Å². The second kappa shape index (κ2) is 10.8. The molecule has 168 valence electrons. The average Bonchev–Trinajstić information content (AvgIpc) is 3.38. The van der Waals surface area contributed by atoms with Gasteiger partial charge in [0.05, 0.1) is 0 Å². The number of allylic oxidation sites excluding steroid dienone is 2.